The van der Waals surface area contributed by atoms with Crippen LogP contribution < -0.4 is 14.4 Å². The lowest BCUT2D eigenvalue weighted by molar-refractivity contribution is -0.00876. The highest BCUT2D eigenvalue weighted by Crippen LogP contribution is 2.36. The second-order valence-corrected chi connectivity index (χ2v) is 10.6. The number of nitrogens with zero attached hydrogens (tertiary/aromatic N) is 7. The smallest absolute Gasteiger partial charge is 0.212 e. The molecule has 3 saturated heterocycles. The zero-order chi connectivity index (χ0) is 28.9. The first-order valence-electron chi connectivity index (χ1n) is 13.8. The molecule has 1 N–H and O–H groups in total. The van der Waals surface area contributed by atoms with Crippen LogP contribution in [0.4, 0.5) is 5.82 Å². The van der Waals surface area contributed by atoms with E-state index < -0.39 is 12.1 Å². The topological polar surface area (TPSA) is 112 Å². The van der Waals surface area contributed by atoms with Gasteiger partial charge < -0.3 is 19.5 Å². The molecule has 0 saturated carbocycles. The van der Waals surface area contributed by atoms with Gasteiger partial charge in [-0.25, -0.2) is 14.5 Å². The van der Waals surface area contributed by atoms with Crippen LogP contribution in [0.5, 0.6) is 11.6 Å². The summed E-state index contributed by atoms with van der Waals surface area (Å²) in [6, 6.07) is 11.5. The predicted octanol–water partition coefficient (Wildman–Crippen LogP) is 3.28. The maximum atomic E-state index is 10.1. The Morgan fingerprint density at radius 2 is 1.97 bits per heavy atom. The predicted molar refractivity (Wildman–Crippen MR) is 146 cm³/mol. The molecule has 7 heterocycles. The van der Waals surface area contributed by atoms with Gasteiger partial charge in [0.2, 0.25) is 5.88 Å². The molecule has 0 aliphatic carbocycles. The minimum atomic E-state index is -1.64. The van der Waals surface area contributed by atoms with Crippen molar-refractivity contribution in [2.45, 2.75) is 44.4 Å². The molecule has 4 aromatic rings. The number of piperazine rings is 1. The summed E-state index contributed by atoms with van der Waals surface area (Å²) < 4.78 is 30.2. The van der Waals surface area contributed by atoms with E-state index in [1.807, 2.05) is 23.1 Å². The number of methoxy groups -OCH3 is 1. The molecule has 2 unspecified atom stereocenters. The Kier molecular flexibility index (Phi) is 5.74. The van der Waals surface area contributed by atoms with E-state index in [9.17, 15) is 10.4 Å². The van der Waals surface area contributed by atoms with Crippen LogP contribution in [0.15, 0.2) is 55.1 Å². The summed E-state index contributed by atoms with van der Waals surface area (Å²) in [6.45, 7) is 3.14. The Labute approximate surface area is 229 Å². The SMILES string of the molecule is [2H]C([2H])(c1ccc(OC)nc1)N1C2CC1CN(c1ccc(-c3cc(OCC(C)(C)O)cn4ncc(C#N)c34)cn1)C2. The number of piperidine rings is 1. The molecular formula is C29H31N7O3. The van der Waals surface area contributed by atoms with Crippen molar-refractivity contribution < 1.29 is 17.3 Å². The Balaban J connectivity index is 1.22. The molecule has 0 spiro atoms. The van der Waals surface area contributed by atoms with Crippen molar-refractivity contribution in [3.8, 4) is 28.8 Å². The molecule has 2 bridgehead atoms. The fourth-order valence-corrected chi connectivity index (χ4v) is 5.17. The summed E-state index contributed by atoms with van der Waals surface area (Å²) in [5, 5.41) is 24.1. The second kappa shape index (κ2) is 9.84. The van der Waals surface area contributed by atoms with Crippen molar-refractivity contribution in [1.82, 2.24) is 24.5 Å². The summed E-state index contributed by atoms with van der Waals surface area (Å²) >= 11 is 0. The number of anilines is 1. The first-order chi connectivity index (χ1) is 19.6. The highest BCUT2D eigenvalue weighted by Gasteiger charge is 2.44. The third kappa shape index (κ3) is 4.99. The largest absolute Gasteiger partial charge is 0.489 e. The lowest BCUT2D eigenvalue weighted by atomic mass is 9.87. The number of hydrogen-bond donors (Lipinski definition) is 1. The number of rotatable bonds is 8. The Morgan fingerprint density at radius 1 is 1.15 bits per heavy atom. The molecule has 10 heteroatoms. The van der Waals surface area contributed by atoms with Crippen molar-refractivity contribution in [2.24, 2.45) is 0 Å². The number of ether oxygens (including phenoxy) is 2. The lowest BCUT2D eigenvalue weighted by Gasteiger charge is -2.56. The molecule has 10 nitrogen and oxygen atoms in total. The van der Waals surface area contributed by atoms with E-state index in [0.29, 0.717) is 41.4 Å². The van der Waals surface area contributed by atoms with Crippen LogP contribution in [-0.2, 0) is 6.50 Å². The van der Waals surface area contributed by atoms with E-state index in [4.69, 9.17) is 17.2 Å². The lowest BCUT2D eigenvalue weighted by Crippen LogP contribution is -2.68. The summed E-state index contributed by atoms with van der Waals surface area (Å²) in [7, 11) is 1.54. The third-order valence-electron chi connectivity index (χ3n) is 7.08. The fourth-order valence-electron chi connectivity index (χ4n) is 5.17. The van der Waals surface area contributed by atoms with Crippen molar-refractivity contribution in [1.29, 1.82) is 5.26 Å². The standard InChI is InChI=1S/C29H31N7O3/c1-29(2,37)18-39-24-9-25(28-21(10-30)13-33-36(28)17-24)20-5-6-26(31-12-20)34-15-22-8-23(16-34)35(22)14-19-4-7-27(38-3)32-11-19/h4-7,9,11-13,17,22-23,37H,8,14-16,18H2,1-3H3/i14D2. The Bertz CT molecular complexity index is 1600. The van der Waals surface area contributed by atoms with Gasteiger partial charge in [0, 0.05) is 64.0 Å². The van der Waals surface area contributed by atoms with E-state index in [1.165, 1.54) is 6.20 Å². The van der Waals surface area contributed by atoms with Crippen molar-refractivity contribution in [3.63, 3.8) is 0 Å². The number of fused-ring (bicyclic) bond motifs is 3. The highest BCUT2D eigenvalue weighted by atomic mass is 16.5. The van der Waals surface area contributed by atoms with Gasteiger partial charge in [-0.05, 0) is 44.0 Å². The molecule has 39 heavy (non-hydrogen) atoms. The maximum Gasteiger partial charge on any atom is 0.212 e. The minimum Gasteiger partial charge on any atom is -0.489 e. The molecule has 200 valence electrons. The van der Waals surface area contributed by atoms with Gasteiger partial charge in [0.1, 0.15) is 24.2 Å². The van der Waals surface area contributed by atoms with Gasteiger partial charge in [0.15, 0.2) is 0 Å². The summed E-state index contributed by atoms with van der Waals surface area (Å²) in [5.74, 6) is 1.79. The molecule has 0 radical (unpaired) electrons. The van der Waals surface area contributed by atoms with Crippen LogP contribution in [0.25, 0.3) is 16.6 Å². The average Bonchev–Trinajstić information content (AvgIpc) is 3.38. The molecule has 7 rings (SSSR count). The minimum absolute atomic E-state index is 0.0570. The Hall–Kier alpha value is -4.20. The van der Waals surface area contributed by atoms with Gasteiger partial charge in [0.25, 0.3) is 0 Å². The van der Waals surface area contributed by atoms with Gasteiger partial charge in [-0.15, -0.1) is 0 Å². The molecule has 4 aromatic heterocycles. The van der Waals surface area contributed by atoms with Crippen molar-refractivity contribution in [2.75, 3.05) is 31.7 Å². The molecule has 2 atom stereocenters. The van der Waals surface area contributed by atoms with Gasteiger partial charge in [-0.1, -0.05) is 6.07 Å². The first-order valence-corrected chi connectivity index (χ1v) is 12.8. The quantitative estimate of drug-likeness (QED) is 0.369. The number of aliphatic hydroxyl groups is 1. The van der Waals surface area contributed by atoms with Crippen LogP contribution in [0.3, 0.4) is 0 Å². The van der Waals surface area contributed by atoms with Crippen LogP contribution in [0.1, 0.15) is 34.1 Å². The number of nitriles is 1. The van der Waals surface area contributed by atoms with Crippen LogP contribution in [0.2, 0.25) is 0 Å². The van der Waals surface area contributed by atoms with E-state index in [2.05, 4.69) is 21.1 Å². The monoisotopic (exact) mass is 527 g/mol. The number of pyridine rings is 3. The molecule has 0 amide bonds. The molecule has 0 aromatic carbocycles. The second-order valence-electron chi connectivity index (χ2n) is 10.6. The molecule has 3 aliphatic heterocycles. The fraction of sp³-hybridized carbons (Fsp3) is 0.379. The van der Waals surface area contributed by atoms with E-state index in [-0.39, 0.29) is 18.7 Å². The third-order valence-corrected chi connectivity index (χ3v) is 7.08. The zero-order valence-corrected chi connectivity index (χ0v) is 22.1. The van der Waals surface area contributed by atoms with Crippen LogP contribution >= 0.6 is 0 Å². The molecule has 3 fully saturated rings. The highest BCUT2D eigenvalue weighted by molar-refractivity contribution is 5.85. The van der Waals surface area contributed by atoms with Crippen molar-refractivity contribution >= 4 is 11.3 Å². The molecular weight excluding hydrogens is 494 g/mol. The van der Waals surface area contributed by atoms with Gasteiger partial charge in [0.05, 0.1) is 36.2 Å². The first kappa shape index (κ1) is 22.8. The summed E-state index contributed by atoms with van der Waals surface area (Å²) in [4.78, 5) is 13.1. The van der Waals surface area contributed by atoms with E-state index >= 15 is 0 Å². The summed E-state index contributed by atoms with van der Waals surface area (Å²) in [5.41, 5.74) is 2.16. The Morgan fingerprint density at radius 3 is 2.62 bits per heavy atom. The van der Waals surface area contributed by atoms with Crippen LogP contribution in [0, 0.1) is 11.3 Å². The van der Waals surface area contributed by atoms with Gasteiger partial charge >= 0.3 is 0 Å². The number of hydrogen-bond acceptors (Lipinski definition) is 9. The van der Waals surface area contributed by atoms with Gasteiger partial charge in [-0.2, -0.15) is 10.4 Å². The summed E-state index contributed by atoms with van der Waals surface area (Å²) in [6.07, 6.45) is 7.47. The van der Waals surface area contributed by atoms with Crippen LogP contribution in [-0.4, -0.2) is 74.1 Å². The average molecular weight is 528 g/mol. The maximum absolute atomic E-state index is 10.1. The normalized spacial score (nSPS) is 20.1. The van der Waals surface area contributed by atoms with E-state index in [1.54, 1.807) is 56.2 Å². The zero-order valence-electron chi connectivity index (χ0n) is 24.1. The molecule has 3 aliphatic rings. The van der Waals surface area contributed by atoms with Crippen molar-refractivity contribution in [3.05, 3.63) is 66.2 Å². The van der Waals surface area contributed by atoms with E-state index in [0.717, 1.165) is 23.4 Å². The number of aromatic nitrogens is 4. The van der Waals surface area contributed by atoms with Gasteiger partial charge in [-0.3, -0.25) is 4.90 Å².